The summed E-state index contributed by atoms with van der Waals surface area (Å²) in [5, 5.41) is 3.65. The van der Waals surface area contributed by atoms with Crippen LogP contribution in [0.25, 0.3) is 0 Å². The van der Waals surface area contributed by atoms with Gasteiger partial charge in [-0.1, -0.05) is 15.9 Å². The van der Waals surface area contributed by atoms with Crippen molar-refractivity contribution in [1.29, 1.82) is 0 Å². The zero-order chi connectivity index (χ0) is 13.8. The van der Waals surface area contributed by atoms with Crippen LogP contribution in [-0.4, -0.2) is 23.9 Å². The summed E-state index contributed by atoms with van der Waals surface area (Å²) in [6, 6.07) is 4.17. The Morgan fingerprint density at radius 3 is 2.67 bits per heavy atom. The van der Waals surface area contributed by atoms with Crippen molar-refractivity contribution >= 4 is 21.8 Å². The average Bonchev–Trinajstić information content (AvgIpc) is 2.28. The Morgan fingerprint density at radius 2 is 2.17 bits per heavy atom. The summed E-state index contributed by atoms with van der Waals surface area (Å²) in [4.78, 5) is 12.0. The standard InChI is InChI=1S/C13H17BrFNO2/c1-13(2,6-7-14)16-12(17)9-4-5-11(18-3)10(15)8-9/h4-5,8H,6-7H2,1-3H3,(H,16,17). The molecule has 1 rings (SSSR count). The minimum absolute atomic E-state index is 0.131. The van der Waals surface area contributed by atoms with Crippen LogP contribution >= 0.6 is 15.9 Å². The highest BCUT2D eigenvalue weighted by molar-refractivity contribution is 9.09. The normalized spacial score (nSPS) is 11.2. The van der Waals surface area contributed by atoms with Crippen molar-refractivity contribution in [2.45, 2.75) is 25.8 Å². The van der Waals surface area contributed by atoms with Gasteiger partial charge in [-0.25, -0.2) is 4.39 Å². The molecule has 0 radical (unpaired) electrons. The number of carbonyl (C=O) groups excluding carboxylic acids is 1. The molecule has 1 amide bonds. The van der Waals surface area contributed by atoms with Crippen molar-refractivity contribution in [3.8, 4) is 5.75 Å². The van der Waals surface area contributed by atoms with Gasteiger partial charge in [0.2, 0.25) is 0 Å². The van der Waals surface area contributed by atoms with E-state index in [4.69, 9.17) is 4.74 Å². The van der Waals surface area contributed by atoms with Crippen molar-refractivity contribution in [2.75, 3.05) is 12.4 Å². The lowest BCUT2D eigenvalue weighted by Crippen LogP contribution is -2.43. The van der Waals surface area contributed by atoms with Crippen LogP contribution < -0.4 is 10.1 Å². The van der Waals surface area contributed by atoms with E-state index >= 15 is 0 Å². The lowest BCUT2D eigenvalue weighted by atomic mass is 10.0. The van der Waals surface area contributed by atoms with Gasteiger partial charge in [-0.2, -0.15) is 0 Å². The van der Waals surface area contributed by atoms with E-state index in [1.54, 1.807) is 6.07 Å². The number of hydrogen-bond acceptors (Lipinski definition) is 2. The smallest absolute Gasteiger partial charge is 0.251 e. The molecule has 0 bridgehead atoms. The second kappa shape index (κ2) is 6.18. The van der Waals surface area contributed by atoms with Gasteiger partial charge in [-0.05, 0) is 38.5 Å². The molecule has 18 heavy (non-hydrogen) atoms. The average molecular weight is 318 g/mol. The van der Waals surface area contributed by atoms with Crippen LogP contribution in [0, 0.1) is 5.82 Å². The van der Waals surface area contributed by atoms with Crippen LogP contribution in [-0.2, 0) is 0 Å². The van der Waals surface area contributed by atoms with Crippen LogP contribution in [0.3, 0.4) is 0 Å². The molecule has 1 N–H and O–H groups in total. The first-order valence-electron chi connectivity index (χ1n) is 5.61. The first-order valence-corrected chi connectivity index (χ1v) is 6.74. The summed E-state index contributed by atoms with van der Waals surface area (Å²) in [7, 11) is 1.39. The highest BCUT2D eigenvalue weighted by Crippen LogP contribution is 2.18. The Morgan fingerprint density at radius 1 is 1.50 bits per heavy atom. The minimum Gasteiger partial charge on any atom is -0.494 e. The Bertz CT molecular complexity index is 435. The summed E-state index contributed by atoms with van der Waals surface area (Å²) < 4.78 is 18.3. The summed E-state index contributed by atoms with van der Waals surface area (Å²) in [5.74, 6) is -0.697. The number of ether oxygens (including phenoxy) is 1. The number of alkyl halides is 1. The van der Waals surface area contributed by atoms with Crippen LogP contribution in [0.1, 0.15) is 30.6 Å². The second-order valence-corrected chi connectivity index (χ2v) is 5.42. The molecular formula is C13H17BrFNO2. The van der Waals surface area contributed by atoms with E-state index in [0.717, 1.165) is 11.8 Å². The first kappa shape index (κ1) is 15.0. The largest absolute Gasteiger partial charge is 0.494 e. The van der Waals surface area contributed by atoms with E-state index < -0.39 is 5.82 Å². The van der Waals surface area contributed by atoms with Crippen LogP contribution in [0.2, 0.25) is 0 Å². The fraction of sp³-hybridized carbons (Fsp3) is 0.462. The van der Waals surface area contributed by atoms with Crippen LogP contribution in [0.5, 0.6) is 5.75 Å². The van der Waals surface area contributed by atoms with Crippen molar-refractivity contribution in [2.24, 2.45) is 0 Å². The van der Waals surface area contributed by atoms with E-state index in [-0.39, 0.29) is 22.8 Å². The molecule has 0 unspecified atom stereocenters. The van der Waals surface area contributed by atoms with Gasteiger partial charge >= 0.3 is 0 Å². The van der Waals surface area contributed by atoms with Crippen LogP contribution in [0.15, 0.2) is 18.2 Å². The molecule has 0 aromatic heterocycles. The minimum atomic E-state index is -0.538. The Kier molecular flexibility index (Phi) is 5.14. The van der Waals surface area contributed by atoms with Gasteiger partial charge in [0.05, 0.1) is 7.11 Å². The molecule has 0 saturated carbocycles. The molecule has 1 aromatic rings. The number of rotatable bonds is 5. The van der Waals surface area contributed by atoms with Crippen molar-refractivity contribution in [3.05, 3.63) is 29.6 Å². The molecule has 0 aliphatic rings. The second-order valence-electron chi connectivity index (χ2n) is 4.63. The maximum absolute atomic E-state index is 13.5. The van der Waals surface area contributed by atoms with E-state index in [0.29, 0.717) is 0 Å². The molecule has 0 spiro atoms. The summed E-state index contributed by atoms with van der Waals surface area (Å²) in [6.07, 6.45) is 0.789. The number of nitrogens with one attached hydrogen (secondary N) is 1. The quantitative estimate of drug-likeness (QED) is 0.847. The third-order valence-electron chi connectivity index (χ3n) is 2.59. The Labute approximate surface area is 115 Å². The molecule has 3 nitrogen and oxygen atoms in total. The maximum atomic E-state index is 13.5. The van der Waals surface area contributed by atoms with E-state index in [1.807, 2.05) is 13.8 Å². The van der Waals surface area contributed by atoms with E-state index in [1.165, 1.54) is 19.2 Å². The summed E-state index contributed by atoms with van der Waals surface area (Å²) in [6.45, 7) is 3.85. The zero-order valence-electron chi connectivity index (χ0n) is 10.7. The van der Waals surface area contributed by atoms with Gasteiger partial charge in [-0.15, -0.1) is 0 Å². The lowest BCUT2D eigenvalue weighted by Gasteiger charge is -2.25. The summed E-state index contributed by atoms with van der Waals surface area (Å²) >= 11 is 3.33. The van der Waals surface area contributed by atoms with Crippen molar-refractivity contribution < 1.29 is 13.9 Å². The first-order chi connectivity index (χ1) is 8.39. The van der Waals surface area contributed by atoms with Gasteiger partial charge in [-0.3, -0.25) is 4.79 Å². The van der Waals surface area contributed by atoms with Crippen molar-refractivity contribution in [3.63, 3.8) is 0 Å². The molecule has 5 heteroatoms. The molecule has 0 heterocycles. The predicted molar refractivity (Wildman–Crippen MR) is 72.9 cm³/mol. The number of halogens is 2. The fourth-order valence-electron chi connectivity index (χ4n) is 1.49. The van der Waals surface area contributed by atoms with Gasteiger partial charge in [0.15, 0.2) is 11.6 Å². The molecule has 0 aliphatic carbocycles. The highest BCUT2D eigenvalue weighted by Gasteiger charge is 2.21. The number of methoxy groups -OCH3 is 1. The zero-order valence-corrected chi connectivity index (χ0v) is 12.3. The fourth-order valence-corrected chi connectivity index (χ4v) is 2.48. The SMILES string of the molecule is COc1ccc(C(=O)NC(C)(C)CCBr)cc1F. The van der Waals surface area contributed by atoms with Crippen molar-refractivity contribution in [1.82, 2.24) is 5.32 Å². The predicted octanol–water partition coefficient (Wildman–Crippen LogP) is 3.13. The van der Waals surface area contributed by atoms with E-state index in [9.17, 15) is 9.18 Å². The molecule has 0 atom stereocenters. The van der Waals surface area contributed by atoms with Gasteiger partial charge in [0.25, 0.3) is 5.91 Å². The van der Waals surface area contributed by atoms with E-state index in [2.05, 4.69) is 21.2 Å². The summed E-state index contributed by atoms with van der Waals surface area (Å²) in [5.41, 5.74) is -0.0484. The highest BCUT2D eigenvalue weighted by atomic mass is 79.9. The molecule has 1 aromatic carbocycles. The maximum Gasteiger partial charge on any atom is 0.251 e. The monoisotopic (exact) mass is 317 g/mol. The number of benzene rings is 1. The topological polar surface area (TPSA) is 38.3 Å². The third-order valence-corrected chi connectivity index (χ3v) is 2.98. The molecule has 0 aliphatic heterocycles. The third kappa shape index (κ3) is 3.98. The van der Waals surface area contributed by atoms with Gasteiger partial charge < -0.3 is 10.1 Å². The lowest BCUT2D eigenvalue weighted by molar-refractivity contribution is 0.0911. The number of amides is 1. The molecular weight excluding hydrogens is 301 g/mol. The Hall–Kier alpha value is -1.10. The van der Waals surface area contributed by atoms with Crippen LogP contribution in [0.4, 0.5) is 4.39 Å². The van der Waals surface area contributed by atoms with Gasteiger partial charge in [0, 0.05) is 16.4 Å². The molecule has 0 saturated heterocycles. The Balaban J connectivity index is 2.82. The molecule has 100 valence electrons. The molecule has 0 fully saturated rings. The number of carbonyl (C=O) groups is 1. The number of hydrogen-bond donors (Lipinski definition) is 1. The van der Waals surface area contributed by atoms with Gasteiger partial charge in [0.1, 0.15) is 0 Å².